The van der Waals surface area contributed by atoms with Gasteiger partial charge in [-0.1, -0.05) is 45.1 Å². The second-order valence-corrected chi connectivity index (χ2v) is 10.6. The quantitative estimate of drug-likeness (QED) is 0.0477. The minimum Gasteiger partial charge on any atom is -0.465 e. The molecule has 2 atom stereocenters. The molecule has 0 aliphatic carbocycles. The number of carbonyl (C=O) groups is 2. The summed E-state index contributed by atoms with van der Waals surface area (Å²) in [6, 6.07) is 0.476. The molecule has 0 saturated carbocycles. The lowest BCUT2D eigenvalue weighted by Gasteiger charge is -2.22. The first-order valence-corrected chi connectivity index (χ1v) is 16.1. The maximum atomic E-state index is 12.3. The van der Waals surface area contributed by atoms with Gasteiger partial charge in [0.15, 0.2) is 6.29 Å². The lowest BCUT2D eigenvalue weighted by atomic mass is 10.1. The number of carbonyl (C=O) groups excluding carboxylic acids is 2. The van der Waals surface area contributed by atoms with Crippen molar-refractivity contribution >= 4 is 12.1 Å². The van der Waals surface area contributed by atoms with Crippen molar-refractivity contribution in [3.63, 3.8) is 0 Å². The predicted octanol–water partition coefficient (Wildman–Crippen LogP) is 7.42. The summed E-state index contributed by atoms with van der Waals surface area (Å²) in [5, 5.41) is 0. The van der Waals surface area contributed by atoms with E-state index in [0.717, 1.165) is 77.3 Å². The summed E-state index contributed by atoms with van der Waals surface area (Å²) in [6.45, 7) is 14.1. The number of nitrogens with zero attached hydrogens (tertiary/aromatic N) is 1. The Hall–Kier alpha value is -1.90. The minimum atomic E-state index is -0.703. The van der Waals surface area contributed by atoms with E-state index >= 15 is 0 Å². The second-order valence-electron chi connectivity index (χ2n) is 10.6. The molecular formula is C33H58NO7. The number of esters is 1. The van der Waals surface area contributed by atoms with Gasteiger partial charge in [-0.05, 0) is 90.6 Å². The average molecular weight is 581 g/mol. The molecule has 237 valence electrons. The summed E-state index contributed by atoms with van der Waals surface area (Å²) in [5.74, 6) is -0.714. The first-order valence-electron chi connectivity index (χ1n) is 16.1. The smallest absolute Gasteiger partial charge is 0.465 e. The van der Waals surface area contributed by atoms with E-state index in [9.17, 15) is 9.59 Å². The van der Waals surface area contributed by atoms with Gasteiger partial charge in [0.25, 0.3) is 0 Å². The number of rotatable bonds is 25. The van der Waals surface area contributed by atoms with E-state index in [1.54, 1.807) is 0 Å². The van der Waals surface area contributed by atoms with Crippen LogP contribution in [0.2, 0.25) is 0 Å². The van der Waals surface area contributed by atoms with Crippen molar-refractivity contribution in [1.29, 1.82) is 0 Å². The summed E-state index contributed by atoms with van der Waals surface area (Å²) in [7, 11) is 0. The molecule has 1 aliphatic heterocycles. The molecule has 8 nitrogen and oxygen atoms in total. The van der Waals surface area contributed by atoms with Gasteiger partial charge in [-0.15, -0.1) is 0 Å². The van der Waals surface area contributed by atoms with Crippen molar-refractivity contribution in [2.24, 2.45) is 5.92 Å². The maximum Gasteiger partial charge on any atom is 0.508 e. The number of ether oxygens (including phenoxy) is 5. The Kier molecular flexibility index (Phi) is 23.3. The van der Waals surface area contributed by atoms with Gasteiger partial charge in [0.05, 0.1) is 19.6 Å². The van der Waals surface area contributed by atoms with Gasteiger partial charge >= 0.3 is 12.1 Å². The summed E-state index contributed by atoms with van der Waals surface area (Å²) >= 11 is 0. The molecule has 1 aliphatic rings. The third-order valence-electron chi connectivity index (χ3n) is 7.02. The van der Waals surface area contributed by atoms with Crippen LogP contribution < -0.4 is 0 Å². The van der Waals surface area contributed by atoms with Crippen LogP contribution in [0.15, 0.2) is 24.3 Å². The third kappa shape index (κ3) is 20.6. The van der Waals surface area contributed by atoms with E-state index in [1.807, 2.05) is 0 Å². The third-order valence-corrected chi connectivity index (χ3v) is 7.02. The predicted molar refractivity (Wildman–Crippen MR) is 163 cm³/mol. The Bertz CT molecular complexity index is 688. The van der Waals surface area contributed by atoms with Crippen molar-refractivity contribution < 1.29 is 33.3 Å². The van der Waals surface area contributed by atoms with Gasteiger partial charge < -0.3 is 28.6 Å². The fraction of sp³-hybridized carbons (Fsp3) is 0.788. The zero-order valence-electron chi connectivity index (χ0n) is 26.2. The lowest BCUT2D eigenvalue weighted by molar-refractivity contribution is -0.160. The molecule has 8 heteroatoms. The van der Waals surface area contributed by atoms with Crippen molar-refractivity contribution in [3.05, 3.63) is 31.2 Å². The molecule has 0 amide bonds. The average Bonchev–Trinajstić information content (AvgIpc) is 3.43. The molecule has 0 spiro atoms. The molecule has 1 fully saturated rings. The number of likely N-dealkylation sites (tertiary alicyclic amines) is 1. The number of hydrogen-bond donors (Lipinski definition) is 0. The van der Waals surface area contributed by atoms with Crippen LogP contribution >= 0.6 is 0 Å². The van der Waals surface area contributed by atoms with Crippen LogP contribution in [0.25, 0.3) is 0 Å². The topological polar surface area (TPSA) is 83.5 Å². The Morgan fingerprint density at radius 1 is 0.854 bits per heavy atom. The number of hydrogen-bond acceptors (Lipinski definition) is 8. The minimum absolute atomic E-state index is 0.0341. The molecule has 0 N–H and O–H groups in total. The molecule has 0 aromatic heterocycles. The van der Waals surface area contributed by atoms with Gasteiger partial charge in [-0.25, -0.2) is 4.79 Å². The van der Waals surface area contributed by atoms with E-state index in [0.29, 0.717) is 32.3 Å². The molecule has 1 rings (SSSR count). The first kappa shape index (κ1) is 37.1. The highest BCUT2D eigenvalue weighted by Gasteiger charge is 2.23. The van der Waals surface area contributed by atoms with E-state index < -0.39 is 12.4 Å². The van der Waals surface area contributed by atoms with Crippen LogP contribution in [0.3, 0.4) is 0 Å². The second kappa shape index (κ2) is 25.8. The van der Waals surface area contributed by atoms with Crippen LogP contribution in [-0.4, -0.2) is 75.5 Å². The molecule has 1 heterocycles. The van der Waals surface area contributed by atoms with E-state index in [-0.39, 0.29) is 31.5 Å². The number of unbranched alkanes of at least 4 members (excludes halogenated alkanes) is 4. The summed E-state index contributed by atoms with van der Waals surface area (Å²) in [6.07, 6.45) is 19.7. The van der Waals surface area contributed by atoms with Gasteiger partial charge in [0, 0.05) is 31.6 Å². The Labute approximate surface area is 250 Å². The van der Waals surface area contributed by atoms with Crippen molar-refractivity contribution in [2.75, 3.05) is 46.1 Å². The normalized spacial score (nSPS) is 16.7. The molecular weight excluding hydrogens is 522 g/mol. The summed E-state index contributed by atoms with van der Waals surface area (Å²) in [4.78, 5) is 26.7. The van der Waals surface area contributed by atoms with E-state index in [4.69, 9.17) is 23.7 Å². The Morgan fingerprint density at radius 2 is 1.49 bits per heavy atom. The fourth-order valence-corrected chi connectivity index (χ4v) is 4.65. The summed E-state index contributed by atoms with van der Waals surface area (Å²) in [5.41, 5.74) is 0. The van der Waals surface area contributed by atoms with Crippen LogP contribution in [0.4, 0.5) is 4.79 Å². The van der Waals surface area contributed by atoms with Gasteiger partial charge in [-0.2, -0.15) is 0 Å². The maximum absolute atomic E-state index is 12.3. The molecule has 1 radical (unpaired) electrons. The fourth-order valence-electron chi connectivity index (χ4n) is 4.65. The SMILES string of the molecule is [CH2]C(COC(=O)CCC(OCCCC/C=C\CC)OCCCC/C=C\CC)COC(=O)OCCC1CCCN1CC. The van der Waals surface area contributed by atoms with Gasteiger partial charge in [0.2, 0.25) is 0 Å². The highest BCUT2D eigenvalue weighted by Crippen LogP contribution is 2.19. The molecule has 1 saturated heterocycles. The molecule has 0 aromatic carbocycles. The molecule has 2 unspecified atom stereocenters. The largest absolute Gasteiger partial charge is 0.508 e. The van der Waals surface area contributed by atoms with Gasteiger partial charge in [-0.3, -0.25) is 4.79 Å². The number of allylic oxidation sites excluding steroid dienone is 4. The van der Waals surface area contributed by atoms with Crippen LogP contribution in [-0.2, 0) is 28.5 Å². The van der Waals surface area contributed by atoms with Crippen LogP contribution in [0.5, 0.6) is 0 Å². The van der Waals surface area contributed by atoms with Crippen molar-refractivity contribution in [2.45, 2.75) is 117 Å². The monoisotopic (exact) mass is 580 g/mol. The standard InChI is InChI=1S/C33H58NO7/c1-5-8-10-12-14-16-24-37-32(38-25-17-15-13-11-9-6-2)21-20-31(35)40-27-29(4)28-41-33(36)39-26-22-30-19-18-23-34(30)7-3/h8-11,29-30,32H,4-7,12-28H2,1-3H3/b10-8-,11-9-. The lowest BCUT2D eigenvalue weighted by Crippen LogP contribution is -2.30. The highest BCUT2D eigenvalue weighted by atomic mass is 16.7. The summed E-state index contributed by atoms with van der Waals surface area (Å²) < 4.78 is 27.6. The Morgan fingerprint density at radius 3 is 2.10 bits per heavy atom. The van der Waals surface area contributed by atoms with E-state index in [2.05, 4.69) is 56.9 Å². The highest BCUT2D eigenvalue weighted by molar-refractivity contribution is 5.69. The molecule has 41 heavy (non-hydrogen) atoms. The van der Waals surface area contributed by atoms with Crippen LogP contribution in [0.1, 0.15) is 104 Å². The Balaban J connectivity index is 2.24. The van der Waals surface area contributed by atoms with Crippen molar-refractivity contribution in [3.8, 4) is 0 Å². The van der Waals surface area contributed by atoms with Crippen LogP contribution in [0, 0.1) is 12.8 Å². The van der Waals surface area contributed by atoms with Gasteiger partial charge in [0.1, 0.15) is 6.61 Å². The first-order chi connectivity index (χ1) is 20.0. The van der Waals surface area contributed by atoms with Crippen molar-refractivity contribution in [1.82, 2.24) is 4.90 Å². The molecule has 0 aromatic rings. The molecule has 0 bridgehead atoms. The zero-order chi connectivity index (χ0) is 30.0. The van der Waals surface area contributed by atoms with E-state index in [1.165, 1.54) is 6.42 Å². The zero-order valence-corrected chi connectivity index (χ0v) is 26.2.